The second kappa shape index (κ2) is 78.7. The number of ketones is 1. The fraction of sp³-hybridized carbons (Fsp3) is 0.821. The molecule has 2 aliphatic heterocycles. The second-order valence-corrected chi connectivity index (χ2v) is 37.4. The molecule has 2 aliphatic rings. The Morgan fingerprint density at radius 1 is 0.544 bits per heavy atom. The first kappa shape index (κ1) is 129. The molecule has 11 atom stereocenters. The van der Waals surface area contributed by atoms with Crippen LogP contribution in [0.4, 0.5) is 31.1 Å². The van der Waals surface area contributed by atoms with E-state index in [2.05, 4.69) is 77.1 Å². The third-order valence-corrected chi connectivity index (χ3v) is 22.2. The van der Waals surface area contributed by atoms with Crippen LogP contribution in [-0.2, 0) is 110 Å². The van der Waals surface area contributed by atoms with E-state index in [1.165, 1.54) is 166 Å². The van der Waals surface area contributed by atoms with Gasteiger partial charge < -0.3 is 53.6 Å². The number of allylic oxidation sites excluding steroid dienone is 3. The van der Waals surface area contributed by atoms with E-state index in [4.69, 9.17) is 141 Å². The van der Waals surface area contributed by atoms with Crippen LogP contribution in [0.1, 0.15) is 312 Å². The molecule has 2 fully saturated rings. The molecule has 0 bridgehead atoms. The minimum Gasteiger partial charge on any atom is -0.471 e. The minimum atomic E-state index is -5.84. The molecule has 2 saturated heterocycles. The summed E-state index contributed by atoms with van der Waals surface area (Å²) in [5.74, 6) is -1.21. The summed E-state index contributed by atoms with van der Waals surface area (Å²) in [6, 6.07) is -1.98. The quantitative estimate of drug-likeness (QED) is 0.00263. The molecule has 0 spiro atoms. The van der Waals surface area contributed by atoms with Gasteiger partial charge in [-0.1, -0.05) is 306 Å². The Morgan fingerprint density at radius 3 is 1.37 bits per heavy atom. The maximum atomic E-state index is 14.0. The van der Waals surface area contributed by atoms with E-state index in [-0.39, 0.29) is 69.2 Å². The van der Waals surface area contributed by atoms with Crippen molar-refractivity contribution in [3.05, 3.63) is 62.5 Å². The van der Waals surface area contributed by atoms with Gasteiger partial charge >= 0.3 is 45.2 Å². The fourth-order valence-electron chi connectivity index (χ4n) is 12.5. The van der Waals surface area contributed by atoms with Crippen LogP contribution in [0.15, 0.2) is 62.5 Å². The van der Waals surface area contributed by atoms with Crippen molar-refractivity contribution < 1.29 is 152 Å². The molecule has 732 valence electrons. The molecule has 0 radical (unpaired) electrons. The van der Waals surface area contributed by atoms with Crippen molar-refractivity contribution in [3.8, 4) is 0 Å². The van der Waals surface area contributed by atoms with Crippen LogP contribution in [0, 0.1) is 11.3 Å². The monoisotopic (exact) mass is 2010 g/mol. The van der Waals surface area contributed by atoms with Crippen LogP contribution in [0.2, 0.25) is 0 Å². The van der Waals surface area contributed by atoms with Crippen LogP contribution < -0.4 is 10.6 Å². The van der Waals surface area contributed by atoms with Crippen LogP contribution >= 0.6 is 65.8 Å². The van der Waals surface area contributed by atoms with Gasteiger partial charge in [0.2, 0.25) is 30.3 Å². The molecular weight excluding hydrogens is 1870 g/mol. The van der Waals surface area contributed by atoms with E-state index in [9.17, 15) is 55.2 Å². The first-order valence-electron chi connectivity index (χ1n) is 43.6. The van der Waals surface area contributed by atoms with E-state index >= 15 is 0 Å². The predicted molar refractivity (Wildman–Crippen MR) is 477 cm³/mol. The van der Waals surface area contributed by atoms with E-state index in [0.717, 1.165) is 89.9 Å². The van der Waals surface area contributed by atoms with Crippen molar-refractivity contribution in [2.24, 2.45) is 5.92 Å². The molecule has 6 N–H and O–H groups in total. The van der Waals surface area contributed by atoms with Crippen LogP contribution in [0.3, 0.4) is 0 Å². The Kier molecular flexibility index (Phi) is 80.9. The molecule has 0 aromatic heterocycles. The maximum absolute atomic E-state index is 14.0. The number of aliphatic hydroxyl groups is 1. The second-order valence-electron chi connectivity index (χ2n) is 29.8. The van der Waals surface area contributed by atoms with Gasteiger partial charge in [-0.05, 0) is 70.6 Å². The van der Waals surface area contributed by atoms with E-state index in [1.54, 1.807) is 13.0 Å². The number of hydrogen-bond donors (Lipinski definition) is 6. The number of rotatable bonds is 65. The third-order valence-electron chi connectivity index (χ3n) is 19.1. The summed E-state index contributed by atoms with van der Waals surface area (Å²) in [5, 5.41) is 24.6. The van der Waals surface area contributed by atoms with Gasteiger partial charge in [-0.15, -0.1) is 36.4 Å². The molecule has 2 amide bonds. The number of phosphoric ester groups is 1. The Morgan fingerprint density at radius 2 is 0.936 bits per heavy atom. The number of nitrogens with one attached hydrogen (secondary N) is 3. The van der Waals surface area contributed by atoms with Crippen LogP contribution in [-0.4, -0.2) is 182 Å². The largest absolute Gasteiger partial charge is 0.522 e. The summed E-state index contributed by atoms with van der Waals surface area (Å²) in [5.41, 5.74) is -11.1. The first-order valence-corrected chi connectivity index (χ1v) is 50.1. The number of ether oxygens (including phenoxy) is 8. The summed E-state index contributed by atoms with van der Waals surface area (Å²) < 4.78 is 192. The maximum Gasteiger partial charge on any atom is 0.522 e. The fourth-order valence-corrected chi connectivity index (χ4v) is 13.9. The van der Waals surface area contributed by atoms with Gasteiger partial charge in [-0.25, -0.2) is 9.36 Å². The standard InChI is InChI=1S/C44H78Cl3N2O8P.C37H65NO9.CH2Cl2.2CHF3O3S.Zn/c1-7-12-14-16-17-18-19-20-21-22-23-24-25-27-29-31-38(50)49-39-41(52-35-32-36(6)30-28-26-15-13-8-2)40(57-58(51,53-33-9-3)54-34-10-4)37(11-5)55-42(39)56-43(48)44(45,46)47;1-5-9-11-13-15-17-18-20-22-24-30(40)28-32(41)38-33-35(43-27-23-21-19-16-14-12-10-6-2)34(47-37(42)45-26-8-4)31(29-39)46-36(33)44-25-7-3;2-1-3;2*2-1(3,4)8(5,6)7;/h9-10,18-19,36-37,39-42,48H,3-4,7-8,11-17,20-35H2,1-2,5-6H3,(H,49,50);7-8,25,31,33-36,39H,4-6,9-24,26-29H2,1-3H3,(H,38,41);1H2;2*(H,5,6,7);/b19-18-,48-43?;25-7-;;;;/t36-,37-,39-,40-,41-,42+;31-,33-,34-,35-,36+;;;;/m11..../s1. The summed E-state index contributed by atoms with van der Waals surface area (Å²) in [6.07, 6.45) is 45.3. The van der Waals surface area contributed by atoms with Gasteiger partial charge in [-0.2, -0.15) is 43.2 Å². The average Bonchev–Trinajstić information content (AvgIpc) is 0.777. The van der Waals surface area contributed by atoms with E-state index < -0.39 is 129 Å². The van der Waals surface area contributed by atoms with Crippen LogP contribution in [0.5, 0.6) is 0 Å². The van der Waals surface area contributed by atoms with Gasteiger partial charge in [-0.3, -0.25) is 42.5 Å². The number of unbranched alkanes of at least 4 members (excludes halogenated alkanes) is 30. The first-order chi connectivity index (χ1) is 58.7. The molecule has 125 heavy (non-hydrogen) atoms. The van der Waals surface area contributed by atoms with E-state index in [0.29, 0.717) is 38.4 Å². The van der Waals surface area contributed by atoms with Crippen LogP contribution in [0.25, 0.3) is 0 Å². The molecular formula is C84H147Cl5F6N3O23PS2Zn. The number of phosphoric acid groups is 1. The van der Waals surface area contributed by atoms with Crippen molar-refractivity contribution in [2.45, 2.75) is 388 Å². The number of Topliss-reactive ketones (excluding diaryl/α,β-unsaturated/α-hetero) is 1. The molecule has 0 aromatic rings. The molecule has 0 aliphatic carbocycles. The van der Waals surface area contributed by atoms with Gasteiger partial charge in [0.1, 0.15) is 48.9 Å². The molecule has 2 rings (SSSR count). The molecule has 26 nitrogen and oxygen atoms in total. The minimum absolute atomic E-state index is 0. The van der Waals surface area contributed by atoms with Crippen molar-refractivity contribution in [3.63, 3.8) is 0 Å². The molecule has 0 unspecified atom stereocenters. The Bertz CT molecular complexity index is 3090. The zero-order valence-electron chi connectivity index (χ0n) is 74.6. The average molecular weight is 2020 g/mol. The third kappa shape index (κ3) is 67.1. The molecule has 0 aromatic carbocycles. The summed E-state index contributed by atoms with van der Waals surface area (Å²) in [4.78, 5) is 52.0. The van der Waals surface area contributed by atoms with Gasteiger partial charge in [0.05, 0.1) is 43.9 Å². The summed E-state index contributed by atoms with van der Waals surface area (Å²) in [6.45, 7) is 25.4. The number of hydrogen-bond acceptors (Lipinski definition) is 22. The summed E-state index contributed by atoms with van der Waals surface area (Å²) in [7, 11) is -15.9. The topological polar surface area (TPSA) is 364 Å². The zero-order valence-corrected chi connectivity index (χ0v) is 83.9. The smallest absolute Gasteiger partial charge is 0.471 e. The Hall–Kier alpha value is -2.77. The normalized spacial score (nSPS) is 19.4. The van der Waals surface area contributed by atoms with Gasteiger partial charge in [0.15, 0.2) is 6.10 Å². The Labute approximate surface area is 779 Å². The number of amides is 2. The zero-order chi connectivity index (χ0) is 94.3. The number of carbonyl (C=O) groups is 4. The number of aliphatic hydroxyl groups excluding tert-OH is 1. The number of alkyl halides is 11. The van der Waals surface area contributed by atoms with Gasteiger partial charge in [0.25, 0.3) is 3.79 Å². The van der Waals surface area contributed by atoms with E-state index in [1.807, 2.05) is 6.92 Å². The molecule has 2 heterocycles. The van der Waals surface area contributed by atoms with Gasteiger partial charge in [0, 0.05) is 45.5 Å². The number of halogens is 11. The van der Waals surface area contributed by atoms with Crippen molar-refractivity contribution in [1.82, 2.24) is 10.6 Å². The van der Waals surface area contributed by atoms with Crippen molar-refractivity contribution in [2.75, 3.05) is 45.0 Å². The summed E-state index contributed by atoms with van der Waals surface area (Å²) >= 11 is 27.6. The predicted octanol–water partition coefficient (Wildman–Crippen LogP) is 23.7. The number of carbonyl (C=O) groups excluding carboxylic acids is 4. The Balaban J connectivity index is -0.000000971. The molecule has 0 saturated carbocycles. The molecule has 41 heteroatoms. The van der Waals surface area contributed by atoms with Crippen molar-refractivity contribution in [1.29, 1.82) is 5.41 Å². The van der Waals surface area contributed by atoms with Crippen molar-refractivity contribution >= 4 is 116 Å². The SMILES string of the molecule is C=CCOC(=O)O[C@H]1[C@H](OCCCCCCCCCC)[C@@H](NC(=O)CC(=O)CCCCCCCCCCC)[C@@H](O/C=C\C)O[C@@H]1CO.C=CCOP(=O)(OCC=C)O[C@H]1[C@H](OCC[C@H](C)CCCCCCC)[C@@H](NC(=O)CCCCCCCCC/C=C\CCCCCC)[C@H](OC(=N)C(Cl)(Cl)Cl)O[C@@H]1CC.ClCCl.O=S(=O)(O)C(F)(F)F.O=S(=O)(O)C(F)(F)F.[Zn].